The van der Waals surface area contributed by atoms with Crippen molar-refractivity contribution in [2.45, 2.75) is 6.42 Å². The maximum absolute atomic E-state index is 5.71. The van der Waals surface area contributed by atoms with Crippen molar-refractivity contribution in [3.63, 3.8) is 0 Å². The van der Waals surface area contributed by atoms with Gasteiger partial charge in [-0.1, -0.05) is 17.7 Å². The fourth-order valence-corrected chi connectivity index (χ4v) is 1.42. The van der Waals surface area contributed by atoms with Crippen molar-refractivity contribution in [3.8, 4) is 0 Å². The SMILES string of the molecule is CN=C(NCCc1ccc(Cl)nc1)N(C)C.I. The van der Waals surface area contributed by atoms with E-state index in [1.54, 1.807) is 19.3 Å². The zero-order valence-electron chi connectivity index (χ0n) is 10.3. The van der Waals surface area contributed by atoms with Crippen LogP contribution in [-0.4, -0.2) is 43.5 Å². The molecule has 0 atom stereocenters. The average molecular weight is 369 g/mol. The largest absolute Gasteiger partial charge is 0.356 e. The maximum atomic E-state index is 5.71. The number of guanidine groups is 1. The molecule has 0 unspecified atom stereocenters. The van der Waals surface area contributed by atoms with Crippen LogP contribution in [-0.2, 0) is 6.42 Å². The number of hydrogen-bond acceptors (Lipinski definition) is 2. The number of rotatable bonds is 3. The first-order valence-electron chi connectivity index (χ1n) is 5.12. The van der Waals surface area contributed by atoms with Gasteiger partial charge >= 0.3 is 0 Å². The molecule has 4 nitrogen and oxygen atoms in total. The summed E-state index contributed by atoms with van der Waals surface area (Å²) in [5.41, 5.74) is 1.16. The van der Waals surface area contributed by atoms with E-state index in [0.717, 1.165) is 24.5 Å². The topological polar surface area (TPSA) is 40.5 Å². The molecule has 17 heavy (non-hydrogen) atoms. The lowest BCUT2D eigenvalue weighted by Gasteiger charge is -2.16. The minimum absolute atomic E-state index is 0. The summed E-state index contributed by atoms with van der Waals surface area (Å²) in [4.78, 5) is 10.1. The van der Waals surface area contributed by atoms with E-state index in [9.17, 15) is 0 Å². The molecule has 0 bridgehead atoms. The minimum Gasteiger partial charge on any atom is -0.356 e. The quantitative estimate of drug-likeness (QED) is 0.384. The lowest BCUT2D eigenvalue weighted by molar-refractivity contribution is 0.583. The molecular formula is C11H18ClIN4. The summed E-state index contributed by atoms with van der Waals surface area (Å²) in [7, 11) is 5.69. The van der Waals surface area contributed by atoms with Gasteiger partial charge in [-0.05, 0) is 18.1 Å². The number of hydrogen-bond donors (Lipinski definition) is 1. The van der Waals surface area contributed by atoms with Crippen LogP contribution in [0.15, 0.2) is 23.3 Å². The van der Waals surface area contributed by atoms with E-state index in [2.05, 4.69) is 15.3 Å². The van der Waals surface area contributed by atoms with Gasteiger partial charge in [0.1, 0.15) is 5.15 Å². The number of nitrogens with one attached hydrogen (secondary N) is 1. The summed E-state index contributed by atoms with van der Waals surface area (Å²) in [6, 6.07) is 3.78. The Labute approximate surface area is 124 Å². The van der Waals surface area contributed by atoms with E-state index in [1.807, 2.05) is 25.1 Å². The van der Waals surface area contributed by atoms with Crippen LogP contribution in [0.3, 0.4) is 0 Å². The zero-order valence-corrected chi connectivity index (χ0v) is 13.4. The van der Waals surface area contributed by atoms with Gasteiger partial charge in [-0.3, -0.25) is 4.99 Å². The lowest BCUT2D eigenvalue weighted by Crippen LogP contribution is -2.37. The second kappa shape index (κ2) is 8.52. The highest BCUT2D eigenvalue weighted by Crippen LogP contribution is 2.05. The third kappa shape index (κ3) is 6.07. The highest BCUT2D eigenvalue weighted by atomic mass is 127. The Morgan fingerprint density at radius 1 is 1.47 bits per heavy atom. The van der Waals surface area contributed by atoms with Crippen LogP contribution in [0.5, 0.6) is 0 Å². The normalized spacial score (nSPS) is 10.7. The molecule has 0 aliphatic heterocycles. The van der Waals surface area contributed by atoms with Crippen molar-refractivity contribution in [1.29, 1.82) is 0 Å². The molecule has 0 amide bonds. The molecule has 1 N–H and O–H groups in total. The number of nitrogens with zero attached hydrogens (tertiary/aromatic N) is 3. The van der Waals surface area contributed by atoms with Crippen molar-refractivity contribution < 1.29 is 0 Å². The van der Waals surface area contributed by atoms with Gasteiger partial charge in [0.2, 0.25) is 0 Å². The van der Waals surface area contributed by atoms with Crippen LogP contribution in [0.25, 0.3) is 0 Å². The molecule has 0 fully saturated rings. The molecule has 0 aromatic carbocycles. The minimum atomic E-state index is 0. The van der Waals surface area contributed by atoms with Crippen LogP contribution in [0, 0.1) is 0 Å². The maximum Gasteiger partial charge on any atom is 0.193 e. The Balaban J connectivity index is 0.00000256. The van der Waals surface area contributed by atoms with Crippen molar-refractivity contribution in [2.75, 3.05) is 27.7 Å². The first-order valence-corrected chi connectivity index (χ1v) is 5.49. The Morgan fingerprint density at radius 2 is 2.18 bits per heavy atom. The molecular weight excluding hydrogens is 351 g/mol. The standard InChI is InChI=1S/C11H17ClN4.HI/c1-13-11(16(2)3)14-7-6-9-4-5-10(12)15-8-9;/h4-5,8H,6-7H2,1-3H3,(H,13,14);1H. The molecule has 0 saturated carbocycles. The van der Waals surface area contributed by atoms with Gasteiger partial charge in [0.25, 0.3) is 0 Å². The summed E-state index contributed by atoms with van der Waals surface area (Å²) in [5, 5.41) is 3.78. The van der Waals surface area contributed by atoms with Crippen LogP contribution in [0.2, 0.25) is 5.15 Å². The van der Waals surface area contributed by atoms with E-state index in [0.29, 0.717) is 5.15 Å². The van der Waals surface area contributed by atoms with Crippen LogP contribution >= 0.6 is 35.6 Å². The van der Waals surface area contributed by atoms with Gasteiger partial charge in [-0.2, -0.15) is 0 Å². The summed E-state index contributed by atoms with van der Waals surface area (Å²) in [5.74, 6) is 0.877. The first kappa shape index (κ1) is 16.4. The Hall–Kier alpha value is -0.560. The third-order valence-corrected chi connectivity index (χ3v) is 2.34. The number of pyridine rings is 1. The highest BCUT2D eigenvalue weighted by molar-refractivity contribution is 14.0. The number of halogens is 2. The van der Waals surface area contributed by atoms with E-state index >= 15 is 0 Å². The Morgan fingerprint density at radius 3 is 2.65 bits per heavy atom. The third-order valence-electron chi connectivity index (χ3n) is 2.12. The van der Waals surface area contributed by atoms with Crippen molar-refractivity contribution in [2.24, 2.45) is 4.99 Å². The molecule has 0 spiro atoms. The molecule has 1 aromatic heterocycles. The number of aliphatic imine (C=N–C) groups is 1. The van der Waals surface area contributed by atoms with Crippen molar-refractivity contribution >= 4 is 41.5 Å². The first-order chi connectivity index (χ1) is 7.63. The second-order valence-corrected chi connectivity index (χ2v) is 3.99. The van der Waals surface area contributed by atoms with E-state index in [4.69, 9.17) is 11.6 Å². The molecule has 0 saturated heterocycles. The smallest absolute Gasteiger partial charge is 0.193 e. The van der Waals surface area contributed by atoms with Crippen LogP contribution < -0.4 is 5.32 Å². The molecule has 1 rings (SSSR count). The Bertz CT molecular complexity index is 351. The van der Waals surface area contributed by atoms with Gasteiger partial charge in [-0.25, -0.2) is 4.98 Å². The molecule has 1 aromatic rings. The molecule has 1 heterocycles. The monoisotopic (exact) mass is 368 g/mol. The summed E-state index contributed by atoms with van der Waals surface area (Å²) < 4.78 is 0. The van der Waals surface area contributed by atoms with Crippen LogP contribution in [0.1, 0.15) is 5.56 Å². The van der Waals surface area contributed by atoms with Gasteiger partial charge in [-0.15, -0.1) is 24.0 Å². The van der Waals surface area contributed by atoms with Crippen molar-refractivity contribution in [3.05, 3.63) is 29.0 Å². The van der Waals surface area contributed by atoms with E-state index in [-0.39, 0.29) is 24.0 Å². The van der Waals surface area contributed by atoms with Gasteiger partial charge in [0.15, 0.2) is 5.96 Å². The highest BCUT2D eigenvalue weighted by Gasteiger charge is 1.99. The number of aromatic nitrogens is 1. The molecule has 0 aliphatic rings. The molecule has 0 radical (unpaired) electrons. The molecule has 96 valence electrons. The zero-order chi connectivity index (χ0) is 12.0. The molecule has 0 aliphatic carbocycles. The van der Waals surface area contributed by atoms with Crippen LogP contribution in [0.4, 0.5) is 0 Å². The van der Waals surface area contributed by atoms with Gasteiger partial charge in [0, 0.05) is 33.9 Å². The molecule has 6 heteroatoms. The van der Waals surface area contributed by atoms with Gasteiger partial charge in [0.05, 0.1) is 0 Å². The van der Waals surface area contributed by atoms with E-state index < -0.39 is 0 Å². The van der Waals surface area contributed by atoms with E-state index in [1.165, 1.54) is 0 Å². The predicted molar refractivity (Wildman–Crippen MR) is 83.4 cm³/mol. The fourth-order valence-electron chi connectivity index (χ4n) is 1.31. The summed E-state index contributed by atoms with van der Waals surface area (Å²) in [6.45, 7) is 0.828. The summed E-state index contributed by atoms with van der Waals surface area (Å²) >= 11 is 5.71. The average Bonchev–Trinajstić information content (AvgIpc) is 2.26. The predicted octanol–water partition coefficient (Wildman–Crippen LogP) is 2.03. The lowest BCUT2D eigenvalue weighted by atomic mass is 10.2. The fraction of sp³-hybridized carbons (Fsp3) is 0.455. The van der Waals surface area contributed by atoms with Gasteiger partial charge < -0.3 is 10.2 Å². The Kier molecular flexibility index (Phi) is 8.24. The summed E-state index contributed by atoms with van der Waals surface area (Å²) in [6.07, 6.45) is 2.69. The second-order valence-electron chi connectivity index (χ2n) is 3.61. The van der Waals surface area contributed by atoms with Crippen molar-refractivity contribution in [1.82, 2.24) is 15.2 Å².